The number of nitrogens with one attached hydrogen (secondary N) is 1. The smallest absolute Gasteiger partial charge is 0.324 e. The largest absolute Gasteiger partial charge is 0.332 e. The highest BCUT2D eigenvalue weighted by Crippen LogP contribution is 2.19. The van der Waals surface area contributed by atoms with Gasteiger partial charge in [-0.15, -0.1) is 11.8 Å². The predicted molar refractivity (Wildman–Crippen MR) is 110 cm³/mol. The highest BCUT2D eigenvalue weighted by atomic mass is 32.2. The molecule has 3 aromatic rings. The van der Waals surface area contributed by atoms with Crippen LogP contribution in [0.1, 0.15) is 13.8 Å². The van der Waals surface area contributed by atoms with E-state index >= 15 is 0 Å². The molecule has 1 aromatic carbocycles. The first kappa shape index (κ1) is 19.4. The summed E-state index contributed by atoms with van der Waals surface area (Å²) in [5.41, 5.74) is 0.374. The van der Waals surface area contributed by atoms with Gasteiger partial charge in [-0.25, -0.2) is 4.79 Å². The van der Waals surface area contributed by atoms with E-state index in [2.05, 4.69) is 9.69 Å². The lowest BCUT2D eigenvalue weighted by atomic mass is 10.2. The van der Waals surface area contributed by atoms with Crippen LogP contribution in [0.3, 0.4) is 0 Å². The van der Waals surface area contributed by atoms with Crippen LogP contribution >= 0.6 is 23.3 Å². The zero-order valence-corrected chi connectivity index (χ0v) is 16.9. The molecule has 7 nitrogen and oxygen atoms in total. The average Bonchev–Trinajstić information content (AvgIpc) is 3.12. The van der Waals surface area contributed by atoms with Crippen LogP contribution in [0.2, 0.25) is 0 Å². The first-order chi connectivity index (χ1) is 12.9. The van der Waals surface area contributed by atoms with Crippen LogP contribution in [0.15, 0.2) is 44.1 Å². The summed E-state index contributed by atoms with van der Waals surface area (Å²) in [5.74, 6) is -0.222. The summed E-state index contributed by atoms with van der Waals surface area (Å²) >= 11 is 2.67. The van der Waals surface area contributed by atoms with Crippen molar-refractivity contribution in [3.05, 3.63) is 50.5 Å². The number of anilines is 1. The van der Waals surface area contributed by atoms with Crippen LogP contribution in [-0.4, -0.2) is 25.7 Å². The van der Waals surface area contributed by atoms with Crippen LogP contribution in [0.25, 0.3) is 11.0 Å². The van der Waals surface area contributed by atoms with Gasteiger partial charge in [-0.3, -0.25) is 18.7 Å². The molecule has 1 amide bonds. The van der Waals surface area contributed by atoms with E-state index in [0.717, 1.165) is 21.0 Å². The molecule has 0 bridgehead atoms. The Morgan fingerprint density at radius 2 is 2.07 bits per heavy atom. The number of amides is 1. The molecule has 0 atom stereocenters. The lowest BCUT2D eigenvalue weighted by Crippen LogP contribution is -2.42. The van der Waals surface area contributed by atoms with Gasteiger partial charge >= 0.3 is 5.69 Å². The zero-order valence-electron chi connectivity index (χ0n) is 15.3. The molecule has 0 aliphatic rings. The summed E-state index contributed by atoms with van der Waals surface area (Å²) < 4.78 is 6.59. The summed E-state index contributed by atoms with van der Waals surface area (Å²) in [6.45, 7) is 3.94. The van der Waals surface area contributed by atoms with Crippen molar-refractivity contribution >= 4 is 45.9 Å². The lowest BCUT2D eigenvalue weighted by molar-refractivity contribution is -0.116. The first-order valence-corrected chi connectivity index (χ1v) is 10.5. The number of nitrogens with zero attached hydrogens (tertiary/aromatic N) is 3. The molecular formula is C18H20N4O3S2. The van der Waals surface area contributed by atoms with Crippen LogP contribution in [-0.2, 0) is 17.9 Å². The van der Waals surface area contributed by atoms with Gasteiger partial charge < -0.3 is 5.32 Å². The molecule has 0 radical (unpaired) electrons. The van der Waals surface area contributed by atoms with E-state index in [1.807, 2.05) is 38.3 Å². The molecule has 0 saturated heterocycles. The fraction of sp³-hybridized carbons (Fsp3) is 0.333. The fourth-order valence-corrected chi connectivity index (χ4v) is 3.89. The van der Waals surface area contributed by atoms with Crippen molar-refractivity contribution in [2.75, 3.05) is 11.6 Å². The monoisotopic (exact) mass is 404 g/mol. The van der Waals surface area contributed by atoms with Crippen molar-refractivity contribution in [3.63, 3.8) is 0 Å². The normalized spacial score (nSPS) is 11.3. The summed E-state index contributed by atoms with van der Waals surface area (Å²) in [6.07, 6.45) is 1.96. The molecule has 0 aliphatic heterocycles. The van der Waals surface area contributed by atoms with Crippen molar-refractivity contribution in [1.82, 2.24) is 13.5 Å². The summed E-state index contributed by atoms with van der Waals surface area (Å²) in [4.78, 5) is 38.9. The van der Waals surface area contributed by atoms with Crippen molar-refractivity contribution in [3.8, 4) is 0 Å². The van der Waals surface area contributed by atoms with E-state index in [9.17, 15) is 14.4 Å². The molecule has 3 rings (SSSR count). The molecule has 0 unspecified atom stereocenters. The lowest BCUT2D eigenvalue weighted by Gasteiger charge is -2.13. The number of carbonyl (C=O) groups is 1. The van der Waals surface area contributed by atoms with Crippen LogP contribution in [0, 0.1) is 5.92 Å². The molecule has 0 fully saturated rings. The average molecular weight is 405 g/mol. The first-order valence-electron chi connectivity index (χ1n) is 8.42. The Bertz CT molecular complexity index is 1100. The summed E-state index contributed by atoms with van der Waals surface area (Å²) in [5, 5.41) is 4.43. The molecule has 142 valence electrons. The van der Waals surface area contributed by atoms with Gasteiger partial charge in [0.2, 0.25) is 5.91 Å². The van der Waals surface area contributed by atoms with Gasteiger partial charge in [0, 0.05) is 22.5 Å². The zero-order chi connectivity index (χ0) is 19.6. The molecule has 1 N–H and O–H groups in total. The maximum atomic E-state index is 12.8. The minimum absolute atomic E-state index is 0.114. The van der Waals surface area contributed by atoms with E-state index in [4.69, 9.17) is 0 Å². The molecule has 0 aliphatic carbocycles. The van der Waals surface area contributed by atoms with Crippen LogP contribution < -0.4 is 16.6 Å². The number of aromatic nitrogens is 3. The molecule has 27 heavy (non-hydrogen) atoms. The highest BCUT2D eigenvalue weighted by Gasteiger charge is 2.18. The van der Waals surface area contributed by atoms with Crippen molar-refractivity contribution in [1.29, 1.82) is 0 Å². The van der Waals surface area contributed by atoms with E-state index < -0.39 is 11.2 Å². The van der Waals surface area contributed by atoms with Crippen molar-refractivity contribution in [2.45, 2.75) is 31.8 Å². The number of thioether (sulfide) groups is 1. The number of benzene rings is 1. The highest BCUT2D eigenvalue weighted by molar-refractivity contribution is 7.98. The van der Waals surface area contributed by atoms with Crippen LogP contribution in [0.4, 0.5) is 5.69 Å². The van der Waals surface area contributed by atoms with Gasteiger partial charge in [-0.1, -0.05) is 19.9 Å². The summed E-state index contributed by atoms with van der Waals surface area (Å²) in [7, 11) is 0. The minimum Gasteiger partial charge on any atom is -0.324 e. The fourth-order valence-electron chi connectivity index (χ4n) is 2.76. The Balaban J connectivity index is 1.96. The number of hydrogen-bond acceptors (Lipinski definition) is 6. The van der Waals surface area contributed by atoms with E-state index in [-0.39, 0.29) is 30.4 Å². The number of fused-ring (bicyclic) bond motifs is 1. The number of hydrogen-bond donors (Lipinski definition) is 1. The third-order valence-electron chi connectivity index (χ3n) is 3.95. The third kappa shape index (κ3) is 4.14. The summed E-state index contributed by atoms with van der Waals surface area (Å²) in [6, 6.07) is 7.47. The Morgan fingerprint density at radius 3 is 2.78 bits per heavy atom. The minimum atomic E-state index is -0.491. The predicted octanol–water partition coefficient (Wildman–Crippen LogP) is 2.64. The van der Waals surface area contributed by atoms with E-state index in [1.54, 1.807) is 23.2 Å². The third-order valence-corrected chi connectivity index (χ3v) is 5.30. The van der Waals surface area contributed by atoms with Gasteiger partial charge in [0.25, 0.3) is 5.56 Å². The SMILES string of the molecule is CSc1cccc(NC(=O)Cn2c(=O)n(CC(C)C)c(=O)c3nscc32)c1. The Kier molecular flexibility index (Phi) is 5.81. The Hall–Kier alpha value is -2.39. The van der Waals surface area contributed by atoms with Gasteiger partial charge in [0.1, 0.15) is 6.54 Å². The molecular weight excluding hydrogens is 384 g/mol. The van der Waals surface area contributed by atoms with Gasteiger partial charge in [-0.05, 0) is 41.9 Å². The Labute approximate surface area is 164 Å². The molecule has 9 heteroatoms. The maximum Gasteiger partial charge on any atom is 0.332 e. The second kappa shape index (κ2) is 8.10. The molecule has 0 saturated carbocycles. The van der Waals surface area contributed by atoms with Crippen molar-refractivity contribution < 1.29 is 4.79 Å². The molecule has 2 aromatic heterocycles. The second-order valence-corrected chi connectivity index (χ2v) is 8.02. The molecule has 0 spiro atoms. The van der Waals surface area contributed by atoms with Gasteiger partial charge in [0.05, 0.1) is 5.52 Å². The van der Waals surface area contributed by atoms with Gasteiger partial charge in [-0.2, -0.15) is 4.37 Å². The maximum absolute atomic E-state index is 12.8. The topological polar surface area (TPSA) is 86.0 Å². The standard InChI is InChI=1S/C18H20N4O3S2/c1-11(2)8-22-17(24)16-14(10-27-20-16)21(18(22)25)9-15(23)19-12-5-4-6-13(7-12)26-3/h4-7,10-11H,8-9H2,1-3H3,(H,19,23). The van der Waals surface area contributed by atoms with Crippen LogP contribution in [0.5, 0.6) is 0 Å². The number of carbonyl (C=O) groups excluding carboxylic acids is 1. The van der Waals surface area contributed by atoms with E-state index in [0.29, 0.717) is 11.2 Å². The Morgan fingerprint density at radius 1 is 1.30 bits per heavy atom. The molecule has 2 heterocycles. The number of rotatable bonds is 6. The van der Waals surface area contributed by atoms with Gasteiger partial charge in [0.15, 0.2) is 5.52 Å². The van der Waals surface area contributed by atoms with E-state index in [1.165, 1.54) is 4.57 Å². The second-order valence-electron chi connectivity index (χ2n) is 6.51. The van der Waals surface area contributed by atoms with Crippen molar-refractivity contribution in [2.24, 2.45) is 5.92 Å². The quantitative estimate of drug-likeness (QED) is 0.639.